The van der Waals surface area contributed by atoms with Crippen molar-refractivity contribution in [3.63, 3.8) is 0 Å². The Balaban J connectivity index is 3.40. The van der Waals surface area contributed by atoms with E-state index in [9.17, 15) is 30.7 Å². The fraction of sp³-hybridized carbons (Fsp3) is 0.250. The van der Waals surface area contributed by atoms with Gasteiger partial charge < -0.3 is 0 Å². The Morgan fingerprint density at radius 1 is 0.812 bits per heavy atom. The maximum absolute atomic E-state index is 12.9. The predicted octanol–water partition coefficient (Wildman–Crippen LogP) is 3.64. The summed E-state index contributed by atoms with van der Waals surface area (Å²) in [6.07, 6.45) is -6.80. The van der Waals surface area contributed by atoms with Crippen molar-refractivity contribution >= 4 is 12.6 Å². The van der Waals surface area contributed by atoms with Crippen molar-refractivity contribution in [3.05, 3.63) is 28.8 Å². The van der Waals surface area contributed by atoms with E-state index < -0.39 is 46.3 Å². The second-order valence-corrected chi connectivity index (χ2v) is 3.32. The van der Waals surface area contributed by atoms with Crippen LogP contribution in [-0.2, 0) is 6.42 Å². The van der Waals surface area contributed by atoms with Gasteiger partial charge in [-0.2, -0.15) is 13.2 Å². The highest BCUT2D eigenvalue weighted by molar-refractivity contribution is 7.80. The molecule has 0 aliphatic rings. The first-order valence-electron chi connectivity index (χ1n) is 3.75. The molecule has 0 nitrogen and oxygen atoms in total. The van der Waals surface area contributed by atoms with E-state index in [0.717, 1.165) is 0 Å². The summed E-state index contributed by atoms with van der Waals surface area (Å²) >= 11 is 3.19. The van der Waals surface area contributed by atoms with Gasteiger partial charge in [0.05, 0.1) is 6.42 Å². The number of thiol groups is 1. The monoisotopic (exact) mass is 264 g/mol. The molecule has 0 radical (unpaired) electrons. The highest BCUT2D eigenvalue weighted by Crippen LogP contribution is 2.31. The highest BCUT2D eigenvalue weighted by atomic mass is 32.1. The van der Waals surface area contributed by atoms with E-state index in [2.05, 4.69) is 12.6 Å². The zero-order valence-corrected chi connectivity index (χ0v) is 8.19. The molecule has 0 heterocycles. The molecule has 0 atom stereocenters. The van der Waals surface area contributed by atoms with Crippen LogP contribution >= 0.6 is 12.6 Å². The van der Waals surface area contributed by atoms with Gasteiger partial charge in [-0.1, -0.05) is 0 Å². The second-order valence-electron chi connectivity index (χ2n) is 2.88. The molecular formula is C8H3F7S. The van der Waals surface area contributed by atoms with Crippen LogP contribution < -0.4 is 0 Å². The second kappa shape index (κ2) is 4.15. The van der Waals surface area contributed by atoms with Crippen LogP contribution in [0.5, 0.6) is 0 Å². The molecule has 1 aromatic rings. The van der Waals surface area contributed by atoms with Crippen molar-refractivity contribution in [2.45, 2.75) is 17.5 Å². The number of alkyl halides is 3. The van der Waals surface area contributed by atoms with Gasteiger partial charge in [0.25, 0.3) is 0 Å². The maximum Gasteiger partial charge on any atom is 0.393 e. The molecular weight excluding hydrogens is 261 g/mol. The molecule has 0 aliphatic carbocycles. The molecule has 0 spiro atoms. The number of hydrogen-bond acceptors (Lipinski definition) is 1. The Hall–Kier alpha value is -0.920. The normalized spacial score (nSPS) is 12.0. The zero-order chi connectivity index (χ0) is 12.7. The molecule has 16 heavy (non-hydrogen) atoms. The Morgan fingerprint density at radius 3 is 1.69 bits per heavy atom. The fourth-order valence-electron chi connectivity index (χ4n) is 1.03. The van der Waals surface area contributed by atoms with Gasteiger partial charge in [-0.05, 0) is 0 Å². The Bertz CT molecular complexity index is 394. The standard InChI is InChI=1S/C8H3F7S/c9-3-2(1-8(13,14)15)7(16)6(12)5(11)4(3)10/h16H,1H2. The average Bonchev–Trinajstić information content (AvgIpc) is 2.17. The third-order valence-electron chi connectivity index (χ3n) is 1.71. The summed E-state index contributed by atoms with van der Waals surface area (Å²) in [6.45, 7) is 0. The number of rotatable bonds is 1. The lowest BCUT2D eigenvalue weighted by Crippen LogP contribution is -2.16. The van der Waals surface area contributed by atoms with E-state index in [1.54, 1.807) is 0 Å². The van der Waals surface area contributed by atoms with E-state index in [-0.39, 0.29) is 0 Å². The average molecular weight is 264 g/mol. The third-order valence-corrected chi connectivity index (χ3v) is 2.18. The van der Waals surface area contributed by atoms with Crippen LogP contribution in [0, 0.1) is 23.3 Å². The molecule has 0 saturated carbocycles. The minimum Gasteiger partial charge on any atom is -0.203 e. The first kappa shape index (κ1) is 13.1. The van der Waals surface area contributed by atoms with Crippen LogP contribution in [0.15, 0.2) is 4.90 Å². The molecule has 0 saturated heterocycles. The summed E-state index contributed by atoms with van der Waals surface area (Å²) in [6, 6.07) is 0. The van der Waals surface area contributed by atoms with Gasteiger partial charge >= 0.3 is 6.18 Å². The molecule has 0 amide bonds. The molecule has 0 N–H and O–H groups in total. The van der Waals surface area contributed by atoms with Gasteiger partial charge in [0.1, 0.15) is 0 Å². The van der Waals surface area contributed by atoms with Crippen molar-refractivity contribution in [1.29, 1.82) is 0 Å². The van der Waals surface area contributed by atoms with E-state index in [1.165, 1.54) is 0 Å². The van der Waals surface area contributed by atoms with Crippen molar-refractivity contribution in [1.82, 2.24) is 0 Å². The van der Waals surface area contributed by atoms with Gasteiger partial charge in [-0.3, -0.25) is 0 Å². The van der Waals surface area contributed by atoms with E-state index in [4.69, 9.17) is 0 Å². The van der Waals surface area contributed by atoms with Crippen LogP contribution in [0.2, 0.25) is 0 Å². The lowest BCUT2D eigenvalue weighted by atomic mass is 10.1. The van der Waals surface area contributed by atoms with Gasteiger partial charge in [-0.15, -0.1) is 12.6 Å². The molecule has 1 aromatic carbocycles. The van der Waals surface area contributed by atoms with Crippen LogP contribution in [0.1, 0.15) is 5.56 Å². The van der Waals surface area contributed by atoms with Crippen molar-refractivity contribution < 1.29 is 30.7 Å². The molecule has 0 unspecified atom stereocenters. The lowest BCUT2D eigenvalue weighted by Gasteiger charge is -2.11. The number of benzene rings is 1. The summed E-state index contributed by atoms with van der Waals surface area (Å²) in [7, 11) is 0. The van der Waals surface area contributed by atoms with Gasteiger partial charge in [0.2, 0.25) is 0 Å². The van der Waals surface area contributed by atoms with E-state index in [0.29, 0.717) is 0 Å². The van der Waals surface area contributed by atoms with Crippen LogP contribution in [0.4, 0.5) is 30.7 Å². The SMILES string of the molecule is Fc1c(F)c(F)c(CC(F)(F)F)c(S)c1F. The molecule has 0 aliphatic heterocycles. The maximum atomic E-state index is 12.9. The first-order chi connectivity index (χ1) is 7.15. The smallest absolute Gasteiger partial charge is 0.203 e. The molecule has 8 heteroatoms. The van der Waals surface area contributed by atoms with Crippen LogP contribution in [0.25, 0.3) is 0 Å². The molecule has 0 fully saturated rings. The summed E-state index contributed by atoms with van der Waals surface area (Å²) in [5.41, 5.74) is -1.35. The van der Waals surface area contributed by atoms with Crippen molar-refractivity contribution in [2.75, 3.05) is 0 Å². The fourth-order valence-corrected chi connectivity index (χ4v) is 1.30. The van der Waals surface area contributed by atoms with Crippen LogP contribution in [0.3, 0.4) is 0 Å². The van der Waals surface area contributed by atoms with Gasteiger partial charge in [0.15, 0.2) is 23.3 Å². The molecule has 0 aromatic heterocycles. The first-order valence-corrected chi connectivity index (χ1v) is 4.20. The Labute approximate surface area is 90.5 Å². The summed E-state index contributed by atoms with van der Waals surface area (Å²) in [5.74, 6) is -8.49. The van der Waals surface area contributed by atoms with Crippen molar-refractivity contribution in [3.8, 4) is 0 Å². The van der Waals surface area contributed by atoms with Gasteiger partial charge in [0, 0.05) is 10.5 Å². The van der Waals surface area contributed by atoms with Gasteiger partial charge in [-0.25, -0.2) is 17.6 Å². The number of halogens is 7. The largest absolute Gasteiger partial charge is 0.393 e. The zero-order valence-electron chi connectivity index (χ0n) is 7.30. The number of hydrogen-bond donors (Lipinski definition) is 1. The third kappa shape index (κ3) is 2.42. The van der Waals surface area contributed by atoms with Crippen molar-refractivity contribution in [2.24, 2.45) is 0 Å². The molecule has 90 valence electrons. The van der Waals surface area contributed by atoms with E-state index in [1.807, 2.05) is 0 Å². The quantitative estimate of drug-likeness (QED) is 0.340. The minimum absolute atomic E-state index is 1.19. The lowest BCUT2D eigenvalue weighted by molar-refractivity contribution is -0.128. The predicted molar refractivity (Wildman–Crippen MR) is 43.3 cm³/mol. The summed E-state index contributed by atoms with van der Waals surface area (Å²) < 4.78 is 86.6. The summed E-state index contributed by atoms with van der Waals surface area (Å²) in [4.78, 5) is -1.19. The molecule has 1 rings (SSSR count). The van der Waals surface area contributed by atoms with E-state index >= 15 is 0 Å². The molecule has 0 bridgehead atoms. The highest BCUT2D eigenvalue weighted by Gasteiger charge is 2.33. The van der Waals surface area contributed by atoms with Crippen LogP contribution in [-0.4, -0.2) is 6.18 Å². The Morgan fingerprint density at radius 2 is 1.25 bits per heavy atom. The Kier molecular flexibility index (Phi) is 3.41. The summed E-state index contributed by atoms with van der Waals surface area (Å²) in [5, 5.41) is 0. The topological polar surface area (TPSA) is 0 Å². The minimum atomic E-state index is -4.88.